The summed E-state index contributed by atoms with van der Waals surface area (Å²) in [5, 5.41) is 10.6. The van der Waals surface area contributed by atoms with Crippen molar-refractivity contribution in [3.8, 4) is 0 Å². The molecule has 1 saturated heterocycles. The molecule has 1 N–H and O–H groups in total. The van der Waals surface area contributed by atoms with Gasteiger partial charge in [0, 0.05) is 5.41 Å². The van der Waals surface area contributed by atoms with Crippen LogP contribution >= 0.6 is 0 Å². The molecule has 2 heteroatoms. The molecule has 1 heterocycles. The summed E-state index contributed by atoms with van der Waals surface area (Å²) in [5.74, 6) is 1.52. The number of ether oxygens (including phenoxy) is 1. The summed E-state index contributed by atoms with van der Waals surface area (Å²) >= 11 is 0. The average molecular weight is 254 g/mol. The highest BCUT2D eigenvalue weighted by molar-refractivity contribution is 4.87. The van der Waals surface area contributed by atoms with Crippen molar-refractivity contribution in [1.82, 2.24) is 0 Å². The number of hydrogen-bond donors (Lipinski definition) is 1. The Morgan fingerprint density at radius 1 is 1.28 bits per heavy atom. The van der Waals surface area contributed by atoms with Gasteiger partial charge in [-0.25, -0.2) is 0 Å². The van der Waals surface area contributed by atoms with Crippen molar-refractivity contribution in [3.63, 3.8) is 0 Å². The molecule has 1 saturated carbocycles. The number of aliphatic hydroxyl groups is 1. The summed E-state index contributed by atoms with van der Waals surface area (Å²) in [6.07, 6.45) is 7.85. The first-order chi connectivity index (χ1) is 8.41. The lowest BCUT2D eigenvalue weighted by atomic mass is 9.74. The predicted octanol–water partition coefficient (Wildman–Crippen LogP) is 3.77. The van der Waals surface area contributed by atoms with Crippen LogP contribution in [0.5, 0.6) is 0 Å². The van der Waals surface area contributed by atoms with Crippen LogP contribution in [0.1, 0.15) is 65.7 Å². The Kier molecular flexibility index (Phi) is 4.38. The van der Waals surface area contributed by atoms with Gasteiger partial charge in [0.25, 0.3) is 0 Å². The second kappa shape index (κ2) is 5.50. The van der Waals surface area contributed by atoms with Crippen LogP contribution in [0.15, 0.2) is 0 Å². The van der Waals surface area contributed by atoms with Gasteiger partial charge in [0.1, 0.15) is 0 Å². The van der Waals surface area contributed by atoms with E-state index >= 15 is 0 Å². The van der Waals surface area contributed by atoms with Crippen LogP contribution in [0.2, 0.25) is 0 Å². The van der Waals surface area contributed by atoms with E-state index in [4.69, 9.17) is 4.74 Å². The molecule has 0 aromatic carbocycles. The topological polar surface area (TPSA) is 29.5 Å². The smallest absolute Gasteiger partial charge is 0.0648 e. The first-order valence-electron chi connectivity index (χ1n) is 7.71. The maximum Gasteiger partial charge on any atom is 0.0648 e. The summed E-state index contributed by atoms with van der Waals surface area (Å²) in [6, 6.07) is 0. The van der Waals surface area contributed by atoms with Crippen molar-refractivity contribution < 1.29 is 9.84 Å². The average Bonchev–Trinajstić information content (AvgIpc) is 2.29. The molecule has 1 aliphatic heterocycles. The molecule has 0 radical (unpaired) electrons. The minimum atomic E-state index is -0.349. The van der Waals surface area contributed by atoms with E-state index in [2.05, 4.69) is 20.8 Å². The lowest BCUT2D eigenvalue weighted by Gasteiger charge is -2.41. The van der Waals surface area contributed by atoms with Crippen LogP contribution in [0.4, 0.5) is 0 Å². The molecule has 2 rings (SSSR count). The van der Waals surface area contributed by atoms with Crippen molar-refractivity contribution in [2.24, 2.45) is 17.3 Å². The minimum absolute atomic E-state index is 0.349. The normalized spacial score (nSPS) is 37.0. The summed E-state index contributed by atoms with van der Waals surface area (Å²) in [4.78, 5) is 0. The van der Waals surface area contributed by atoms with Crippen LogP contribution in [0.3, 0.4) is 0 Å². The fourth-order valence-corrected chi connectivity index (χ4v) is 3.58. The van der Waals surface area contributed by atoms with Gasteiger partial charge in [0.05, 0.1) is 18.8 Å². The van der Waals surface area contributed by atoms with Crippen molar-refractivity contribution in [1.29, 1.82) is 0 Å². The van der Waals surface area contributed by atoms with E-state index < -0.39 is 0 Å². The molecule has 18 heavy (non-hydrogen) atoms. The van der Waals surface area contributed by atoms with Gasteiger partial charge in [-0.2, -0.15) is 0 Å². The highest BCUT2D eigenvalue weighted by Crippen LogP contribution is 2.39. The molecule has 0 bridgehead atoms. The van der Waals surface area contributed by atoms with Crippen LogP contribution in [0.25, 0.3) is 0 Å². The van der Waals surface area contributed by atoms with Gasteiger partial charge in [-0.15, -0.1) is 0 Å². The zero-order chi connectivity index (χ0) is 13.2. The number of rotatable bonds is 5. The first-order valence-corrected chi connectivity index (χ1v) is 7.71. The lowest BCUT2D eigenvalue weighted by Crippen LogP contribution is -2.41. The van der Waals surface area contributed by atoms with Gasteiger partial charge in [0.15, 0.2) is 0 Å². The second-order valence-corrected chi connectivity index (χ2v) is 7.56. The Morgan fingerprint density at radius 2 is 1.89 bits per heavy atom. The lowest BCUT2D eigenvalue weighted by molar-refractivity contribution is -0.113. The van der Waals surface area contributed by atoms with Gasteiger partial charge in [-0.3, -0.25) is 0 Å². The molecule has 2 aliphatic rings. The Bertz CT molecular complexity index is 262. The molecular formula is C16H30O2. The third kappa shape index (κ3) is 3.71. The van der Waals surface area contributed by atoms with Crippen molar-refractivity contribution >= 4 is 0 Å². The van der Waals surface area contributed by atoms with Gasteiger partial charge in [-0.05, 0) is 56.8 Å². The molecule has 1 unspecified atom stereocenters. The summed E-state index contributed by atoms with van der Waals surface area (Å²) < 4.78 is 5.32. The molecule has 2 nitrogen and oxygen atoms in total. The van der Waals surface area contributed by atoms with Gasteiger partial charge < -0.3 is 9.84 Å². The summed E-state index contributed by atoms with van der Waals surface area (Å²) in [7, 11) is 0. The largest absolute Gasteiger partial charge is 0.390 e. The molecule has 106 valence electrons. The van der Waals surface area contributed by atoms with Crippen molar-refractivity contribution in [3.05, 3.63) is 0 Å². The van der Waals surface area contributed by atoms with Crippen LogP contribution in [-0.2, 0) is 4.74 Å². The Balaban J connectivity index is 1.70. The molecule has 1 aliphatic carbocycles. The third-order valence-corrected chi connectivity index (χ3v) is 5.05. The Hall–Kier alpha value is -0.0800. The second-order valence-electron chi connectivity index (χ2n) is 7.56. The van der Waals surface area contributed by atoms with E-state index in [9.17, 15) is 5.11 Å². The highest BCUT2D eigenvalue weighted by Gasteiger charge is 2.36. The predicted molar refractivity (Wildman–Crippen MR) is 74.5 cm³/mol. The molecule has 0 aromatic heterocycles. The molecule has 1 atom stereocenters. The zero-order valence-corrected chi connectivity index (χ0v) is 12.4. The summed E-state index contributed by atoms with van der Waals surface area (Å²) in [6.45, 7) is 8.82. The maximum absolute atomic E-state index is 10.6. The maximum atomic E-state index is 10.6. The minimum Gasteiger partial charge on any atom is -0.390 e. The van der Waals surface area contributed by atoms with E-state index in [0.717, 1.165) is 38.4 Å². The van der Waals surface area contributed by atoms with E-state index in [1.807, 2.05) is 0 Å². The third-order valence-electron chi connectivity index (χ3n) is 5.05. The SMILES string of the molecule is CC1CCC(O)(CCC(C)CC2(C)COC2)CC1. The number of hydrogen-bond acceptors (Lipinski definition) is 2. The fourth-order valence-electron chi connectivity index (χ4n) is 3.58. The highest BCUT2D eigenvalue weighted by atomic mass is 16.5. The molecule has 0 amide bonds. The van der Waals surface area contributed by atoms with Crippen LogP contribution in [-0.4, -0.2) is 23.9 Å². The van der Waals surface area contributed by atoms with E-state index in [-0.39, 0.29) is 5.60 Å². The molecule has 2 fully saturated rings. The van der Waals surface area contributed by atoms with E-state index in [1.54, 1.807) is 0 Å². The van der Waals surface area contributed by atoms with Crippen molar-refractivity contribution in [2.75, 3.05) is 13.2 Å². The van der Waals surface area contributed by atoms with Gasteiger partial charge >= 0.3 is 0 Å². The molecule has 0 spiro atoms. The zero-order valence-electron chi connectivity index (χ0n) is 12.4. The fraction of sp³-hybridized carbons (Fsp3) is 1.00. The summed E-state index contributed by atoms with van der Waals surface area (Å²) in [5.41, 5.74) is 0.0703. The standard InChI is InChI=1S/C16H30O2/c1-13-4-7-16(17,8-5-13)9-6-14(2)10-15(3)11-18-12-15/h13-14,17H,4-12H2,1-3H3. The van der Waals surface area contributed by atoms with Crippen LogP contribution in [0, 0.1) is 17.3 Å². The molecular weight excluding hydrogens is 224 g/mol. The van der Waals surface area contributed by atoms with Gasteiger partial charge in [-0.1, -0.05) is 20.8 Å². The van der Waals surface area contributed by atoms with Gasteiger partial charge in [0.2, 0.25) is 0 Å². The Morgan fingerprint density at radius 3 is 2.39 bits per heavy atom. The van der Waals surface area contributed by atoms with Crippen molar-refractivity contribution in [2.45, 2.75) is 71.3 Å². The van der Waals surface area contributed by atoms with E-state index in [0.29, 0.717) is 11.3 Å². The molecule has 0 aromatic rings. The Labute approximate surface area is 112 Å². The first kappa shape index (κ1) is 14.3. The van der Waals surface area contributed by atoms with Crippen LogP contribution < -0.4 is 0 Å². The quantitative estimate of drug-likeness (QED) is 0.809. The van der Waals surface area contributed by atoms with E-state index in [1.165, 1.54) is 25.7 Å². The monoisotopic (exact) mass is 254 g/mol.